The smallest absolute Gasteiger partial charge is 0.0246 e. The number of hydrogen-bond donors (Lipinski definition) is 0. The van der Waals surface area contributed by atoms with Gasteiger partial charge in [0.1, 0.15) is 0 Å². The molecule has 0 bridgehead atoms. The molecule has 0 spiro atoms. The van der Waals surface area contributed by atoms with Crippen LogP contribution < -0.4 is 0 Å². The molecule has 0 aromatic heterocycles. The highest BCUT2D eigenvalue weighted by Gasteiger charge is 2.34. The van der Waals surface area contributed by atoms with Crippen LogP contribution in [0.3, 0.4) is 0 Å². The van der Waals surface area contributed by atoms with Crippen LogP contribution in [0.25, 0.3) is 0 Å². The highest BCUT2D eigenvalue weighted by atomic mass is 32.2. The van der Waals surface area contributed by atoms with Crippen molar-refractivity contribution in [2.24, 2.45) is 0 Å². The zero-order valence-electron chi connectivity index (χ0n) is 12.1. The van der Waals surface area contributed by atoms with E-state index < -0.39 is 10.8 Å². The Hall–Kier alpha value is 0.0700. The third-order valence-corrected chi connectivity index (χ3v) is 5.44. The van der Waals surface area contributed by atoms with Crippen LogP contribution in [0.2, 0.25) is 0 Å². The second-order valence-electron chi connectivity index (χ2n) is 6.11. The van der Waals surface area contributed by atoms with E-state index in [0.29, 0.717) is 12.1 Å². The lowest BCUT2D eigenvalue weighted by molar-refractivity contribution is -0.00446. The first kappa shape index (κ1) is 14.5. The molecule has 106 valence electrons. The molecule has 0 amide bonds. The Morgan fingerprint density at radius 2 is 2.11 bits per heavy atom. The molecule has 0 aliphatic carbocycles. The van der Waals surface area contributed by atoms with Crippen molar-refractivity contribution in [2.75, 3.05) is 31.6 Å². The molecular weight excluding hydrogens is 244 g/mol. The van der Waals surface area contributed by atoms with Crippen LogP contribution in [0.5, 0.6) is 0 Å². The third kappa shape index (κ3) is 3.55. The Morgan fingerprint density at radius 3 is 2.83 bits per heavy atom. The molecule has 0 saturated carbocycles. The minimum atomic E-state index is -0.647. The van der Waals surface area contributed by atoms with Crippen LogP contribution in [0.15, 0.2) is 0 Å². The van der Waals surface area contributed by atoms with E-state index in [-0.39, 0.29) is 0 Å². The van der Waals surface area contributed by atoms with Crippen molar-refractivity contribution in [3.63, 3.8) is 0 Å². The molecule has 2 saturated heterocycles. The van der Waals surface area contributed by atoms with Gasteiger partial charge >= 0.3 is 0 Å². The van der Waals surface area contributed by atoms with Gasteiger partial charge in [0, 0.05) is 54.0 Å². The largest absolute Gasteiger partial charge is 0.298 e. The first-order valence-corrected chi connectivity index (χ1v) is 9.10. The van der Waals surface area contributed by atoms with Gasteiger partial charge in [-0.1, -0.05) is 6.42 Å². The Morgan fingerprint density at radius 1 is 1.33 bits per heavy atom. The van der Waals surface area contributed by atoms with Gasteiger partial charge in [0.05, 0.1) is 0 Å². The average molecular weight is 272 g/mol. The average Bonchev–Trinajstić information content (AvgIpc) is 2.35. The van der Waals surface area contributed by atoms with Crippen molar-refractivity contribution < 1.29 is 4.21 Å². The second kappa shape index (κ2) is 6.49. The third-order valence-electron chi connectivity index (χ3n) is 4.62. The van der Waals surface area contributed by atoms with Gasteiger partial charge in [0.15, 0.2) is 0 Å². The van der Waals surface area contributed by atoms with E-state index in [2.05, 4.69) is 23.6 Å². The maximum absolute atomic E-state index is 11.2. The van der Waals surface area contributed by atoms with Gasteiger partial charge in [-0.25, -0.2) is 0 Å². The standard InChI is InChI=1S/C14H28N2OS/c1-12(7-9-18(3)17)16-11-14-6-4-5-8-15(14)10-13(16)2/h12-14H,4-11H2,1-3H3. The van der Waals surface area contributed by atoms with Crippen LogP contribution in [-0.4, -0.2) is 63.8 Å². The Balaban J connectivity index is 1.89. The molecule has 0 N–H and O–H groups in total. The lowest BCUT2D eigenvalue weighted by Gasteiger charge is -2.49. The van der Waals surface area contributed by atoms with Crippen molar-refractivity contribution >= 4 is 10.8 Å². The quantitative estimate of drug-likeness (QED) is 0.778. The zero-order valence-corrected chi connectivity index (χ0v) is 12.9. The summed E-state index contributed by atoms with van der Waals surface area (Å²) in [6.07, 6.45) is 7.04. The van der Waals surface area contributed by atoms with Crippen LogP contribution >= 0.6 is 0 Å². The minimum absolute atomic E-state index is 0.577. The minimum Gasteiger partial charge on any atom is -0.298 e. The maximum Gasteiger partial charge on any atom is 0.0246 e. The monoisotopic (exact) mass is 272 g/mol. The van der Waals surface area contributed by atoms with E-state index in [9.17, 15) is 4.21 Å². The fourth-order valence-corrected chi connectivity index (χ4v) is 4.16. The molecule has 2 heterocycles. The lowest BCUT2D eigenvalue weighted by atomic mass is 9.96. The fraction of sp³-hybridized carbons (Fsp3) is 1.00. The summed E-state index contributed by atoms with van der Waals surface area (Å²) >= 11 is 0. The van der Waals surface area contributed by atoms with Gasteiger partial charge in [0.25, 0.3) is 0 Å². The molecule has 2 aliphatic heterocycles. The van der Waals surface area contributed by atoms with E-state index in [1.54, 1.807) is 0 Å². The van der Waals surface area contributed by atoms with Crippen molar-refractivity contribution in [3.8, 4) is 0 Å². The first-order chi connectivity index (χ1) is 8.58. The number of piperidine rings is 1. The lowest BCUT2D eigenvalue weighted by Crippen LogP contribution is -2.60. The molecule has 3 nitrogen and oxygen atoms in total. The van der Waals surface area contributed by atoms with Crippen molar-refractivity contribution in [1.29, 1.82) is 0 Å². The SMILES string of the molecule is CC(CCS(C)=O)N1CC2CCCCN2CC1C. The number of nitrogens with zero attached hydrogens (tertiary/aromatic N) is 2. The summed E-state index contributed by atoms with van der Waals surface area (Å²) in [7, 11) is -0.647. The number of piperazine rings is 1. The second-order valence-corrected chi connectivity index (χ2v) is 7.66. The molecule has 2 fully saturated rings. The summed E-state index contributed by atoms with van der Waals surface area (Å²) in [6, 6.07) is 2.01. The van der Waals surface area contributed by atoms with E-state index in [1.807, 2.05) is 6.26 Å². The maximum atomic E-state index is 11.2. The Kier molecular flexibility index (Phi) is 5.22. The van der Waals surface area contributed by atoms with Gasteiger partial charge in [0.2, 0.25) is 0 Å². The Labute approximate surface area is 114 Å². The highest BCUT2D eigenvalue weighted by molar-refractivity contribution is 7.84. The molecule has 0 aromatic carbocycles. The molecule has 2 aliphatic rings. The van der Waals surface area contributed by atoms with Crippen molar-refractivity contribution in [2.45, 2.75) is 57.7 Å². The molecule has 4 atom stereocenters. The molecule has 18 heavy (non-hydrogen) atoms. The summed E-state index contributed by atoms with van der Waals surface area (Å²) in [6.45, 7) is 8.41. The highest BCUT2D eigenvalue weighted by Crippen LogP contribution is 2.25. The normalized spacial score (nSPS) is 33.9. The topological polar surface area (TPSA) is 23.6 Å². The summed E-state index contributed by atoms with van der Waals surface area (Å²) in [5, 5.41) is 0. The van der Waals surface area contributed by atoms with E-state index in [4.69, 9.17) is 0 Å². The fourth-order valence-electron chi connectivity index (χ4n) is 3.49. The van der Waals surface area contributed by atoms with Crippen molar-refractivity contribution in [1.82, 2.24) is 9.80 Å². The van der Waals surface area contributed by atoms with Crippen LogP contribution in [0.1, 0.15) is 39.5 Å². The van der Waals surface area contributed by atoms with Gasteiger partial charge in [-0.05, 0) is 39.7 Å². The predicted molar refractivity (Wildman–Crippen MR) is 78.4 cm³/mol. The van der Waals surface area contributed by atoms with E-state index >= 15 is 0 Å². The molecule has 4 heteroatoms. The van der Waals surface area contributed by atoms with Gasteiger partial charge in [-0.2, -0.15) is 0 Å². The molecule has 0 radical (unpaired) electrons. The molecule has 4 unspecified atom stereocenters. The van der Waals surface area contributed by atoms with Gasteiger partial charge < -0.3 is 0 Å². The van der Waals surface area contributed by atoms with Crippen molar-refractivity contribution in [3.05, 3.63) is 0 Å². The first-order valence-electron chi connectivity index (χ1n) is 7.37. The van der Waals surface area contributed by atoms with Gasteiger partial charge in [-0.3, -0.25) is 14.0 Å². The van der Waals surface area contributed by atoms with Crippen LogP contribution in [0.4, 0.5) is 0 Å². The molecule has 0 aromatic rings. The zero-order chi connectivity index (χ0) is 13.1. The number of rotatable bonds is 4. The van der Waals surface area contributed by atoms with Crippen LogP contribution in [-0.2, 0) is 10.8 Å². The summed E-state index contributed by atoms with van der Waals surface area (Å²) < 4.78 is 11.2. The number of hydrogen-bond acceptors (Lipinski definition) is 3. The summed E-state index contributed by atoms with van der Waals surface area (Å²) in [5.41, 5.74) is 0. The van der Waals surface area contributed by atoms with Gasteiger partial charge in [-0.15, -0.1) is 0 Å². The predicted octanol–water partition coefficient (Wildman–Crippen LogP) is 1.70. The molecule has 2 rings (SSSR count). The number of fused-ring (bicyclic) bond motifs is 1. The Bertz CT molecular complexity index is 298. The van der Waals surface area contributed by atoms with Crippen LogP contribution in [0, 0.1) is 0 Å². The van der Waals surface area contributed by atoms with E-state index in [0.717, 1.165) is 18.2 Å². The van der Waals surface area contributed by atoms with E-state index in [1.165, 1.54) is 38.9 Å². The molecular formula is C14H28N2OS. The summed E-state index contributed by atoms with van der Waals surface area (Å²) in [4.78, 5) is 5.34. The summed E-state index contributed by atoms with van der Waals surface area (Å²) in [5.74, 6) is 0.846.